The number of halogens is 3. The van der Waals surface area contributed by atoms with Gasteiger partial charge in [0, 0.05) is 37.4 Å². The first-order valence-electron chi connectivity index (χ1n) is 11.4. The molecule has 182 valence electrons. The van der Waals surface area contributed by atoms with Gasteiger partial charge in [-0.3, -0.25) is 19.6 Å². The minimum absolute atomic E-state index is 0.0247. The SMILES string of the molecule is Cc1cnc2c(Oc3cc(F)c(CC(=O)C4(C(=O)Cc5ccc(F)cc5)CC4)cc3F)ccnc2c1. The molecule has 0 atom stereocenters. The van der Waals surface area contributed by atoms with Gasteiger partial charge in [0.05, 0.1) is 10.9 Å². The van der Waals surface area contributed by atoms with Crippen molar-refractivity contribution in [2.45, 2.75) is 32.6 Å². The highest BCUT2D eigenvalue weighted by Crippen LogP contribution is 2.49. The molecule has 1 fully saturated rings. The fraction of sp³-hybridized carbons (Fsp3) is 0.214. The Hall–Kier alpha value is -4.07. The van der Waals surface area contributed by atoms with Crippen LogP contribution in [0, 0.1) is 29.8 Å². The minimum Gasteiger partial charge on any atom is -0.452 e. The molecule has 5 rings (SSSR count). The summed E-state index contributed by atoms with van der Waals surface area (Å²) in [5.74, 6) is -2.98. The summed E-state index contributed by atoms with van der Waals surface area (Å²) >= 11 is 0. The molecule has 1 saturated carbocycles. The third kappa shape index (κ3) is 4.58. The van der Waals surface area contributed by atoms with Crippen LogP contribution in [-0.2, 0) is 22.4 Å². The van der Waals surface area contributed by atoms with E-state index in [1.54, 1.807) is 12.3 Å². The summed E-state index contributed by atoms with van der Waals surface area (Å²) in [4.78, 5) is 34.3. The molecule has 4 aromatic rings. The van der Waals surface area contributed by atoms with Crippen molar-refractivity contribution in [2.24, 2.45) is 5.41 Å². The molecule has 2 heterocycles. The van der Waals surface area contributed by atoms with Crippen molar-refractivity contribution >= 4 is 22.6 Å². The number of hydrogen-bond acceptors (Lipinski definition) is 5. The fourth-order valence-electron chi connectivity index (χ4n) is 4.23. The van der Waals surface area contributed by atoms with Gasteiger partial charge in [0.2, 0.25) is 0 Å². The number of benzene rings is 2. The Morgan fingerprint density at radius 2 is 1.61 bits per heavy atom. The van der Waals surface area contributed by atoms with Crippen LogP contribution in [0.4, 0.5) is 13.2 Å². The van der Waals surface area contributed by atoms with Gasteiger partial charge in [-0.2, -0.15) is 0 Å². The molecule has 2 aromatic heterocycles. The summed E-state index contributed by atoms with van der Waals surface area (Å²) in [6.45, 7) is 1.86. The summed E-state index contributed by atoms with van der Waals surface area (Å²) in [5.41, 5.74) is 1.08. The molecule has 0 amide bonds. The summed E-state index contributed by atoms with van der Waals surface area (Å²) in [6.07, 6.45) is 3.38. The quantitative estimate of drug-likeness (QED) is 0.290. The van der Waals surface area contributed by atoms with Gasteiger partial charge >= 0.3 is 0 Å². The van der Waals surface area contributed by atoms with E-state index >= 15 is 0 Å². The molecular formula is C28H21F3N2O3. The third-order valence-electron chi connectivity index (χ3n) is 6.44. The number of pyridine rings is 2. The van der Waals surface area contributed by atoms with Crippen LogP contribution in [0.3, 0.4) is 0 Å². The van der Waals surface area contributed by atoms with Crippen LogP contribution in [0.5, 0.6) is 11.5 Å². The number of hydrogen-bond donors (Lipinski definition) is 0. The maximum absolute atomic E-state index is 14.9. The van der Waals surface area contributed by atoms with E-state index in [0.29, 0.717) is 29.4 Å². The van der Waals surface area contributed by atoms with Crippen molar-refractivity contribution in [3.63, 3.8) is 0 Å². The van der Waals surface area contributed by atoms with Crippen LogP contribution in [-0.4, -0.2) is 21.5 Å². The molecule has 0 aliphatic heterocycles. The second-order valence-electron chi connectivity index (χ2n) is 9.07. The lowest BCUT2D eigenvalue weighted by atomic mass is 9.87. The zero-order valence-corrected chi connectivity index (χ0v) is 19.4. The summed E-state index contributed by atoms with van der Waals surface area (Å²) < 4.78 is 48.5. The van der Waals surface area contributed by atoms with Crippen molar-refractivity contribution in [3.8, 4) is 11.5 Å². The number of nitrogens with zero attached hydrogens (tertiary/aromatic N) is 2. The van der Waals surface area contributed by atoms with E-state index in [4.69, 9.17) is 4.74 Å². The molecule has 2 aromatic carbocycles. The first kappa shape index (κ1) is 23.7. The third-order valence-corrected chi connectivity index (χ3v) is 6.44. The van der Waals surface area contributed by atoms with Gasteiger partial charge in [0.25, 0.3) is 0 Å². The summed E-state index contributed by atoms with van der Waals surface area (Å²) in [7, 11) is 0. The Balaban J connectivity index is 1.33. The van der Waals surface area contributed by atoms with Crippen LogP contribution in [0.1, 0.15) is 29.5 Å². The second kappa shape index (κ2) is 9.18. The monoisotopic (exact) mass is 490 g/mol. The van der Waals surface area contributed by atoms with Gasteiger partial charge in [0.15, 0.2) is 28.9 Å². The molecular weight excluding hydrogens is 469 g/mol. The largest absolute Gasteiger partial charge is 0.452 e. The Morgan fingerprint density at radius 1 is 0.889 bits per heavy atom. The number of Topliss-reactive ketones (excluding diaryl/α,β-unsaturated/α-hetero) is 2. The normalized spacial score (nSPS) is 14.0. The average molecular weight is 490 g/mol. The van der Waals surface area contributed by atoms with E-state index in [9.17, 15) is 22.8 Å². The number of carbonyl (C=O) groups excluding carboxylic acids is 2. The fourth-order valence-corrected chi connectivity index (χ4v) is 4.23. The van der Waals surface area contributed by atoms with Crippen molar-refractivity contribution in [1.82, 2.24) is 9.97 Å². The Bertz CT molecular complexity index is 1500. The van der Waals surface area contributed by atoms with E-state index in [0.717, 1.165) is 17.7 Å². The lowest BCUT2D eigenvalue weighted by Crippen LogP contribution is -2.29. The first-order valence-corrected chi connectivity index (χ1v) is 11.4. The smallest absolute Gasteiger partial charge is 0.166 e. The van der Waals surface area contributed by atoms with Crippen molar-refractivity contribution in [3.05, 3.63) is 95.1 Å². The molecule has 8 heteroatoms. The van der Waals surface area contributed by atoms with Gasteiger partial charge in [-0.05, 0) is 60.7 Å². The lowest BCUT2D eigenvalue weighted by Gasteiger charge is -2.15. The predicted octanol–water partition coefficient (Wildman–Crippen LogP) is 5.85. The number of rotatable bonds is 8. The number of ether oxygens (including phenoxy) is 1. The second-order valence-corrected chi connectivity index (χ2v) is 9.07. The number of carbonyl (C=O) groups is 2. The van der Waals surface area contributed by atoms with E-state index in [1.165, 1.54) is 36.5 Å². The molecule has 0 N–H and O–H groups in total. The summed E-state index contributed by atoms with van der Waals surface area (Å²) in [6, 6.07) is 10.6. The van der Waals surface area contributed by atoms with Crippen LogP contribution < -0.4 is 4.74 Å². The van der Waals surface area contributed by atoms with E-state index < -0.39 is 35.1 Å². The van der Waals surface area contributed by atoms with Crippen LogP contribution >= 0.6 is 0 Å². The van der Waals surface area contributed by atoms with Crippen molar-refractivity contribution in [1.29, 1.82) is 0 Å². The van der Waals surface area contributed by atoms with Gasteiger partial charge in [0.1, 0.15) is 17.2 Å². The molecule has 1 aliphatic rings. The minimum atomic E-state index is -1.20. The van der Waals surface area contributed by atoms with E-state index in [1.807, 2.05) is 6.92 Å². The summed E-state index contributed by atoms with van der Waals surface area (Å²) in [5, 5.41) is 0. The molecule has 0 saturated heterocycles. The molecule has 1 aliphatic carbocycles. The van der Waals surface area contributed by atoms with E-state index in [2.05, 4.69) is 9.97 Å². The lowest BCUT2D eigenvalue weighted by molar-refractivity contribution is -0.133. The standard InChI is InChI=1S/C28H21F3N2O3/c1-16-10-22-27(33-15-16)23(6-9-32-22)36-24-14-20(30)18(12-21(24)31)13-26(35)28(7-8-28)25(34)11-17-2-4-19(29)5-3-17/h2-6,9-10,12,14-15H,7-8,11,13H2,1H3. The highest BCUT2D eigenvalue weighted by atomic mass is 19.1. The maximum atomic E-state index is 14.9. The van der Waals surface area contributed by atoms with Crippen molar-refractivity contribution < 1.29 is 27.5 Å². The van der Waals surface area contributed by atoms with Crippen LogP contribution in [0.15, 0.2) is 60.9 Å². The topological polar surface area (TPSA) is 69.2 Å². The number of fused-ring (bicyclic) bond motifs is 1. The Morgan fingerprint density at radius 3 is 2.33 bits per heavy atom. The highest BCUT2D eigenvalue weighted by molar-refractivity contribution is 6.11. The zero-order chi connectivity index (χ0) is 25.4. The zero-order valence-electron chi connectivity index (χ0n) is 19.4. The highest BCUT2D eigenvalue weighted by Gasteiger charge is 2.54. The van der Waals surface area contributed by atoms with Gasteiger partial charge in [-0.25, -0.2) is 13.2 Å². The van der Waals surface area contributed by atoms with Crippen molar-refractivity contribution in [2.75, 3.05) is 0 Å². The van der Waals surface area contributed by atoms with Gasteiger partial charge in [-0.15, -0.1) is 0 Å². The number of ketones is 2. The average Bonchev–Trinajstić information content (AvgIpc) is 3.66. The Kier molecular flexibility index (Phi) is 6.04. The molecule has 5 nitrogen and oxygen atoms in total. The molecule has 0 unspecified atom stereocenters. The molecule has 36 heavy (non-hydrogen) atoms. The number of aromatic nitrogens is 2. The molecule has 0 spiro atoms. The maximum Gasteiger partial charge on any atom is 0.166 e. The first-order chi connectivity index (χ1) is 17.2. The molecule has 0 bridgehead atoms. The predicted molar refractivity (Wildman–Crippen MR) is 126 cm³/mol. The molecule has 0 radical (unpaired) electrons. The van der Waals surface area contributed by atoms with Gasteiger partial charge in [-0.1, -0.05) is 12.1 Å². The Labute approximate surface area is 205 Å². The van der Waals surface area contributed by atoms with Gasteiger partial charge < -0.3 is 4.74 Å². The van der Waals surface area contributed by atoms with Crippen LogP contribution in [0.25, 0.3) is 11.0 Å². The number of aryl methyl sites for hydroxylation is 1. The van der Waals surface area contributed by atoms with E-state index in [-0.39, 0.29) is 29.3 Å². The van der Waals surface area contributed by atoms with Crippen LogP contribution in [0.2, 0.25) is 0 Å².